The lowest BCUT2D eigenvalue weighted by Gasteiger charge is -2.32. The van der Waals surface area contributed by atoms with E-state index < -0.39 is 15.5 Å². The minimum absolute atomic E-state index is 0.171. The number of allylic oxidation sites excluding steroid dienone is 1. The van der Waals surface area contributed by atoms with Gasteiger partial charge < -0.3 is 5.32 Å². The molecule has 0 radical (unpaired) electrons. The van der Waals surface area contributed by atoms with Crippen molar-refractivity contribution in [3.8, 4) is 0 Å². The molecule has 1 spiro atoms. The summed E-state index contributed by atoms with van der Waals surface area (Å²) in [6.45, 7) is 3.99. The molecule has 3 rings (SSSR count). The van der Waals surface area contributed by atoms with E-state index in [1.165, 1.54) is 0 Å². The fourth-order valence-corrected chi connectivity index (χ4v) is 4.88. The van der Waals surface area contributed by atoms with Crippen LogP contribution < -0.4 is 5.32 Å². The van der Waals surface area contributed by atoms with Gasteiger partial charge in [0.05, 0.1) is 0 Å². The van der Waals surface area contributed by atoms with E-state index in [-0.39, 0.29) is 5.91 Å². The second-order valence-corrected chi connectivity index (χ2v) is 7.31. The average Bonchev–Trinajstić information content (AvgIpc) is 2.60. The molecule has 1 amide bonds. The molecule has 1 aromatic carbocycles. The number of fused-ring (bicyclic) bond motifs is 2. The van der Waals surface area contributed by atoms with Crippen molar-refractivity contribution in [2.24, 2.45) is 0 Å². The topological polar surface area (TPSA) is 46.2 Å². The van der Waals surface area contributed by atoms with Crippen molar-refractivity contribution in [1.82, 2.24) is 0 Å². The van der Waals surface area contributed by atoms with Gasteiger partial charge in [-0.05, 0) is 32.4 Å². The summed E-state index contributed by atoms with van der Waals surface area (Å²) in [6, 6.07) is 5.29. The van der Waals surface area contributed by atoms with Gasteiger partial charge in [-0.1, -0.05) is 28.8 Å². The third-order valence-corrected chi connectivity index (χ3v) is 6.27. The van der Waals surface area contributed by atoms with Gasteiger partial charge in [-0.25, -0.2) is 0 Å². The summed E-state index contributed by atoms with van der Waals surface area (Å²) in [4.78, 5) is 12.4. The highest BCUT2D eigenvalue weighted by Gasteiger charge is 2.53. The third kappa shape index (κ3) is 1.70. The Labute approximate surface area is 119 Å². The Kier molecular flexibility index (Phi) is 2.84. The number of amides is 1. The Morgan fingerprint density at radius 2 is 2.05 bits per heavy atom. The number of benzene rings is 1. The first-order chi connectivity index (χ1) is 8.95. The van der Waals surface area contributed by atoms with Gasteiger partial charge in [0.25, 0.3) is 0 Å². The summed E-state index contributed by atoms with van der Waals surface area (Å²) in [6.07, 6.45) is 0.520. The first kappa shape index (κ1) is 12.9. The van der Waals surface area contributed by atoms with Crippen molar-refractivity contribution in [1.29, 1.82) is 0 Å². The normalized spacial score (nSPS) is 29.6. The lowest BCUT2D eigenvalue weighted by molar-refractivity contribution is -0.118. The van der Waals surface area contributed by atoms with Crippen LogP contribution in [0.15, 0.2) is 29.3 Å². The quantitative estimate of drug-likeness (QED) is 0.748. The average molecular weight is 296 g/mol. The lowest BCUT2D eigenvalue weighted by atomic mass is 9.90. The molecule has 2 aliphatic heterocycles. The molecule has 0 saturated heterocycles. The number of carbonyl (C=O) groups excluding carboxylic acids is 1. The number of nitrogens with one attached hydrogen (secondary N) is 1. The Bertz CT molecular complexity index is 653. The van der Waals surface area contributed by atoms with E-state index in [9.17, 15) is 9.00 Å². The van der Waals surface area contributed by atoms with Gasteiger partial charge in [0.15, 0.2) is 4.75 Å². The molecule has 1 aromatic rings. The van der Waals surface area contributed by atoms with Crippen LogP contribution in [0.25, 0.3) is 0 Å². The molecule has 0 fully saturated rings. The molecule has 0 aliphatic carbocycles. The summed E-state index contributed by atoms with van der Waals surface area (Å²) in [5.41, 5.74) is 3.78. The molecule has 2 heterocycles. The third-order valence-electron chi connectivity index (χ3n) is 4.01. The summed E-state index contributed by atoms with van der Waals surface area (Å²) in [5, 5.41) is 3.40. The van der Waals surface area contributed by atoms with Crippen molar-refractivity contribution < 1.29 is 9.00 Å². The summed E-state index contributed by atoms with van der Waals surface area (Å²) >= 11 is 5.95. The van der Waals surface area contributed by atoms with Crippen molar-refractivity contribution in [3.05, 3.63) is 39.9 Å². The molecule has 2 aliphatic rings. The van der Waals surface area contributed by atoms with Crippen LogP contribution in [0.5, 0.6) is 0 Å². The predicted molar refractivity (Wildman–Crippen MR) is 77.8 cm³/mol. The van der Waals surface area contributed by atoms with Crippen molar-refractivity contribution in [3.63, 3.8) is 0 Å². The highest BCUT2D eigenvalue weighted by Crippen LogP contribution is 2.48. The molecule has 19 heavy (non-hydrogen) atoms. The fourth-order valence-electron chi connectivity index (χ4n) is 2.77. The number of carbonyl (C=O) groups is 1. The van der Waals surface area contributed by atoms with E-state index in [0.717, 1.165) is 16.7 Å². The lowest BCUT2D eigenvalue weighted by Crippen LogP contribution is -2.42. The van der Waals surface area contributed by atoms with Gasteiger partial charge >= 0.3 is 0 Å². The summed E-state index contributed by atoms with van der Waals surface area (Å²) in [5.74, 6) is 0.288. The van der Waals surface area contributed by atoms with E-state index in [1.54, 1.807) is 12.1 Å². The van der Waals surface area contributed by atoms with Gasteiger partial charge in [-0.15, -0.1) is 0 Å². The Morgan fingerprint density at radius 1 is 1.32 bits per heavy atom. The van der Waals surface area contributed by atoms with Gasteiger partial charge in [0.1, 0.15) is 0 Å². The maximum Gasteiger partial charge on any atom is 0.248 e. The SMILES string of the molecule is CC1=C(C)CC2(C(=O)Nc3cc(Cl)ccc32)S(=O)C1. The van der Waals surface area contributed by atoms with Crippen molar-refractivity contribution in [2.45, 2.75) is 25.0 Å². The molecule has 2 unspecified atom stereocenters. The molecule has 0 aromatic heterocycles. The number of anilines is 1. The zero-order valence-corrected chi connectivity index (χ0v) is 12.3. The van der Waals surface area contributed by atoms with Crippen LogP contribution in [0, 0.1) is 0 Å². The van der Waals surface area contributed by atoms with E-state index >= 15 is 0 Å². The second kappa shape index (κ2) is 4.18. The molecule has 0 bridgehead atoms. The molecule has 0 saturated carbocycles. The maximum atomic E-state index is 12.6. The van der Waals surface area contributed by atoms with Gasteiger partial charge in [-0.3, -0.25) is 9.00 Å². The minimum atomic E-state index is -1.24. The minimum Gasteiger partial charge on any atom is -0.324 e. The number of halogens is 1. The zero-order valence-electron chi connectivity index (χ0n) is 10.7. The molecule has 3 nitrogen and oxygen atoms in total. The first-order valence-corrected chi connectivity index (χ1v) is 7.80. The number of rotatable bonds is 0. The summed E-state index contributed by atoms with van der Waals surface area (Å²) in [7, 11) is -1.24. The Morgan fingerprint density at radius 3 is 2.79 bits per heavy atom. The maximum absolute atomic E-state index is 12.6. The van der Waals surface area contributed by atoms with Gasteiger partial charge in [0.2, 0.25) is 5.91 Å². The van der Waals surface area contributed by atoms with Crippen LogP contribution in [-0.2, 0) is 20.3 Å². The molecule has 100 valence electrons. The van der Waals surface area contributed by atoms with Crippen molar-refractivity contribution >= 4 is 34.0 Å². The standard InChI is InChI=1S/C14H14ClNO2S/c1-8-6-14(19(18)7-9(8)2)11-4-3-10(15)5-12(11)16-13(14)17/h3-5H,6-7H2,1-2H3,(H,16,17). The monoisotopic (exact) mass is 295 g/mol. The van der Waals surface area contributed by atoms with Crippen LogP contribution in [0.1, 0.15) is 25.8 Å². The molecular formula is C14H14ClNO2S. The predicted octanol–water partition coefficient (Wildman–Crippen LogP) is 2.98. The van der Waals surface area contributed by atoms with Gasteiger partial charge in [-0.2, -0.15) is 0 Å². The van der Waals surface area contributed by atoms with Crippen LogP contribution in [0.3, 0.4) is 0 Å². The smallest absolute Gasteiger partial charge is 0.248 e. The highest BCUT2D eigenvalue weighted by molar-refractivity contribution is 7.87. The molecule has 1 N–H and O–H groups in total. The Hall–Kier alpha value is -1.13. The number of hydrogen-bond acceptors (Lipinski definition) is 2. The van der Waals surface area contributed by atoms with Crippen LogP contribution >= 0.6 is 11.6 Å². The van der Waals surface area contributed by atoms with Gasteiger partial charge in [0, 0.05) is 32.8 Å². The van der Waals surface area contributed by atoms with E-state index in [2.05, 4.69) is 5.32 Å². The fraction of sp³-hybridized carbons (Fsp3) is 0.357. The van der Waals surface area contributed by atoms with E-state index in [4.69, 9.17) is 11.6 Å². The molecule has 5 heteroatoms. The van der Waals surface area contributed by atoms with Crippen molar-refractivity contribution in [2.75, 3.05) is 11.1 Å². The number of hydrogen-bond donors (Lipinski definition) is 1. The highest BCUT2D eigenvalue weighted by atomic mass is 35.5. The largest absolute Gasteiger partial charge is 0.324 e. The second-order valence-electron chi connectivity index (χ2n) is 5.20. The van der Waals surface area contributed by atoms with Crippen LogP contribution in [-0.4, -0.2) is 15.9 Å². The molecule has 2 atom stereocenters. The van der Waals surface area contributed by atoms with Crippen LogP contribution in [0.2, 0.25) is 5.02 Å². The zero-order chi connectivity index (χ0) is 13.8. The Balaban J connectivity index is 2.21. The first-order valence-electron chi connectivity index (χ1n) is 6.10. The van der Waals surface area contributed by atoms with E-state index in [0.29, 0.717) is 22.9 Å². The van der Waals surface area contributed by atoms with Crippen LogP contribution in [0.4, 0.5) is 5.69 Å². The molecular weight excluding hydrogens is 282 g/mol. The summed E-state index contributed by atoms with van der Waals surface area (Å²) < 4.78 is 11.7. The van der Waals surface area contributed by atoms with E-state index in [1.807, 2.05) is 19.9 Å².